The first-order valence-corrected chi connectivity index (χ1v) is 7.68. The number of ether oxygens (including phenoxy) is 1. The number of rotatable bonds is 8. The maximum absolute atomic E-state index is 11.2. The van der Waals surface area contributed by atoms with Crippen molar-refractivity contribution in [3.63, 3.8) is 0 Å². The maximum atomic E-state index is 11.2. The Morgan fingerprint density at radius 3 is 2.32 bits per heavy atom. The molecular formula is C19H23NO2. The van der Waals surface area contributed by atoms with Gasteiger partial charge in [0.25, 0.3) is 0 Å². The minimum atomic E-state index is -0.152. The van der Waals surface area contributed by atoms with Crippen molar-refractivity contribution in [2.24, 2.45) is 0 Å². The third-order valence-electron chi connectivity index (χ3n) is 3.66. The Morgan fingerprint density at radius 2 is 1.68 bits per heavy atom. The summed E-state index contributed by atoms with van der Waals surface area (Å²) in [5, 5.41) is 3.56. The van der Waals surface area contributed by atoms with Gasteiger partial charge in [-0.05, 0) is 30.5 Å². The zero-order valence-corrected chi connectivity index (χ0v) is 13.0. The molecule has 3 heteroatoms. The summed E-state index contributed by atoms with van der Waals surface area (Å²) in [6.45, 7) is 0.793. The number of hydrogen-bond acceptors (Lipinski definition) is 3. The van der Waals surface area contributed by atoms with Crippen LogP contribution in [0.5, 0.6) is 0 Å². The second-order valence-corrected chi connectivity index (χ2v) is 5.29. The molecule has 0 aliphatic rings. The van der Waals surface area contributed by atoms with Crippen molar-refractivity contribution in [2.75, 3.05) is 13.7 Å². The van der Waals surface area contributed by atoms with Crippen LogP contribution in [0.4, 0.5) is 0 Å². The molecule has 0 bridgehead atoms. The lowest BCUT2D eigenvalue weighted by Gasteiger charge is -2.19. The van der Waals surface area contributed by atoms with Crippen LogP contribution in [0, 0.1) is 0 Å². The third-order valence-corrected chi connectivity index (χ3v) is 3.66. The van der Waals surface area contributed by atoms with Crippen molar-refractivity contribution < 1.29 is 9.53 Å². The molecule has 2 aromatic carbocycles. The van der Waals surface area contributed by atoms with Gasteiger partial charge in [-0.25, -0.2) is 0 Å². The van der Waals surface area contributed by atoms with Gasteiger partial charge in [0.1, 0.15) is 0 Å². The number of esters is 1. The van der Waals surface area contributed by atoms with Crippen LogP contribution < -0.4 is 5.32 Å². The average molecular weight is 297 g/mol. The van der Waals surface area contributed by atoms with Crippen molar-refractivity contribution in [1.29, 1.82) is 0 Å². The van der Waals surface area contributed by atoms with Crippen LogP contribution in [-0.2, 0) is 16.0 Å². The van der Waals surface area contributed by atoms with Gasteiger partial charge < -0.3 is 10.1 Å². The third kappa shape index (κ3) is 5.34. The summed E-state index contributed by atoms with van der Waals surface area (Å²) in [4.78, 5) is 11.2. The van der Waals surface area contributed by atoms with E-state index in [4.69, 9.17) is 0 Å². The van der Waals surface area contributed by atoms with Gasteiger partial charge in [-0.15, -0.1) is 0 Å². The zero-order valence-electron chi connectivity index (χ0n) is 13.0. The Hall–Kier alpha value is -2.13. The monoisotopic (exact) mass is 297 g/mol. The van der Waals surface area contributed by atoms with Gasteiger partial charge >= 0.3 is 5.97 Å². The molecule has 2 rings (SSSR count). The number of benzene rings is 2. The van der Waals surface area contributed by atoms with Crippen LogP contribution >= 0.6 is 0 Å². The molecule has 0 saturated heterocycles. The molecule has 0 heterocycles. The Bertz CT molecular complexity index is 554. The maximum Gasteiger partial charge on any atom is 0.305 e. The van der Waals surface area contributed by atoms with E-state index < -0.39 is 0 Å². The van der Waals surface area contributed by atoms with Gasteiger partial charge in [0, 0.05) is 12.5 Å². The van der Waals surface area contributed by atoms with Gasteiger partial charge in [-0.3, -0.25) is 4.79 Å². The van der Waals surface area contributed by atoms with E-state index >= 15 is 0 Å². The van der Waals surface area contributed by atoms with E-state index in [-0.39, 0.29) is 12.0 Å². The highest BCUT2D eigenvalue weighted by Crippen LogP contribution is 2.18. The topological polar surface area (TPSA) is 38.3 Å². The number of methoxy groups -OCH3 is 1. The van der Waals surface area contributed by atoms with E-state index in [0.29, 0.717) is 6.42 Å². The highest BCUT2D eigenvalue weighted by Gasteiger charge is 2.11. The predicted molar refractivity (Wildman–Crippen MR) is 88.6 cm³/mol. The second-order valence-electron chi connectivity index (χ2n) is 5.29. The molecule has 0 amide bonds. The molecule has 0 fully saturated rings. The first-order chi connectivity index (χ1) is 10.8. The SMILES string of the molecule is COC(=O)CCCNC(Cc1ccccc1)c1ccccc1. The molecule has 0 spiro atoms. The lowest BCUT2D eigenvalue weighted by molar-refractivity contribution is -0.140. The van der Waals surface area contributed by atoms with Crippen molar-refractivity contribution in [3.8, 4) is 0 Å². The molecule has 0 radical (unpaired) electrons. The van der Waals surface area contributed by atoms with Crippen molar-refractivity contribution in [3.05, 3.63) is 71.8 Å². The quantitative estimate of drug-likeness (QED) is 0.598. The van der Waals surface area contributed by atoms with Crippen LogP contribution in [0.3, 0.4) is 0 Å². The number of carbonyl (C=O) groups excluding carboxylic acids is 1. The zero-order chi connectivity index (χ0) is 15.6. The Labute approximate surface area is 132 Å². The van der Waals surface area contributed by atoms with E-state index in [1.54, 1.807) is 0 Å². The number of nitrogens with one attached hydrogen (secondary N) is 1. The average Bonchev–Trinajstić information content (AvgIpc) is 2.59. The minimum absolute atomic E-state index is 0.152. The molecule has 0 aliphatic carbocycles. The van der Waals surface area contributed by atoms with Gasteiger partial charge in [0.2, 0.25) is 0 Å². The largest absolute Gasteiger partial charge is 0.469 e. The van der Waals surface area contributed by atoms with E-state index in [1.807, 2.05) is 12.1 Å². The first kappa shape index (κ1) is 16.2. The van der Waals surface area contributed by atoms with E-state index in [0.717, 1.165) is 19.4 Å². The number of hydrogen-bond donors (Lipinski definition) is 1. The lowest BCUT2D eigenvalue weighted by atomic mass is 9.99. The fraction of sp³-hybridized carbons (Fsp3) is 0.316. The lowest BCUT2D eigenvalue weighted by Crippen LogP contribution is -2.25. The molecule has 0 aliphatic heterocycles. The van der Waals surface area contributed by atoms with Gasteiger partial charge in [0.15, 0.2) is 0 Å². The first-order valence-electron chi connectivity index (χ1n) is 7.68. The highest BCUT2D eigenvalue weighted by atomic mass is 16.5. The van der Waals surface area contributed by atoms with Gasteiger partial charge in [-0.2, -0.15) is 0 Å². The molecule has 116 valence electrons. The molecule has 0 saturated carbocycles. The van der Waals surface area contributed by atoms with Crippen LogP contribution in [0.1, 0.15) is 30.0 Å². The summed E-state index contributed by atoms with van der Waals surface area (Å²) in [6, 6.07) is 21.1. The molecule has 1 unspecified atom stereocenters. The Balaban J connectivity index is 1.95. The van der Waals surface area contributed by atoms with E-state index in [2.05, 4.69) is 58.6 Å². The van der Waals surface area contributed by atoms with Gasteiger partial charge in [0.05, 0.1) is 7.11 Å². The fourth-order valence-electron chi connectivity index (χ4n) is 2.45. The van der Waals surface area contributed by atoms with Crippen molar-refractivity contribution in [2.45, 2.75) is 25.3 Å². The normalized spacial score (nSPS) is 11.9. The summed E-state index contributed by atoms with van der Waals surface area (Å²) in [7, 11) is 1.43. The summed E-state index contributed by atoms with van der Waals surface area (Å²) in [5.74, 6) is -0.152. The predicted octanol–water partition coefficient (Wildman–Crippen LogP) is 3.51. The standard InChI is InChI=1S/C19H23NO2/c1-22-19(21)13-8-14-20-18(17-11-6-3-7-12-17)15-16-9-4-2-5-10-16/h2-7,9-12,18,20H,8,13-15H2,1H3. The van der Waals surface area contributed by atoms with Crippen LogP contribution in [0.15, 0.2) is 60.7 Å². The molecule has 1 N–H and O–H groups in total. The van der Waals surface area contributed by atoms with Crippen molar-refractivity contribution in [1.82, 2.24) is 5.32 Å². The Kier molecular flexibility index (Phi) is 6.65. The van der Waals surface area contributed by atoms with Crippen molar-refractivity contribution >= 4 is 5.97 Å². The minimum Gasteiger partial charge on any atom is -0.469 e. The molecular weight excluding hydrogens is 274 g/mol. The summed E-state index contributed by atoms with van der Waals surface area (Å²) < 4.78 is 4.67. The highest BCUT2D eigenvalue weighted by molar-refractivity contribution is 5.69. The van der Waals surface area contributed by atoms with E-state index in [9.17, 15) is 4.79 Å². The Morgan fingerprint density at radius 1 is 1.05 bits per heavy atom. The summed E-state index contributed by atoms with van der Waals surface area (Å²) in [6.07, 6.45) is 2.17. The number of carbonyl (C=O) groups is 1. The van der Waals surface area contributed by atoms with Crippen LogP contribution in [0.25, 0.3) is 0 Å². The van der Waals surface area contributed by atoms with Crippen LogP contribution in [0.2, 0.25) is 0 Å². The second kappa shape index (κ2) is 9.00. The van der Waals surface area contributed by atoms with Gasteiger partial charge in [-0.1, -0.05) is 60.7 Å². The van der Waals surface area contributed by atoms with Crippen LogP contribution in [-0.4, -0.2) is 19.6 Å². The van der Waals surface area contributed by atoms with E-state index in [1.165, 1.54) is 18.2 Å². The molecule has 1 atom stereocenters. The molecule has 2 aromatic rings. The molecule has 0 aromatic heterocycles. The summed E-state index contributed by atoms with van der Waals surface area (Å²) in [5.41, 5.74) is 2.57. The smallest absolute Gasteiger partial charge is 0.305 e. The molecule has 22 heavy (non-hydrogen) atoms. The fourth-order valence-corrected chi connectivity index (χ4v) is 2.45. The molecule has 3 nitrogen and oxygen atoms in total. The summed E-state index contributed by atoms with van der Waals surface area (Å²) >= 11 is 0.